The van der Waals surface area contributed by atoms with E-state index in [1.807, 2.05) is 0 Å². The van der Waals surface area contributed by atoms with E-state index in [1.54, 1.807) is 11.1 Å². The number of fused-ring (bicyclic) bond motifs is 1. The van der Waals surface area contributed by atoms with Gasteiger partial charge in [0.05, 0.1) is 6.10 Å². The molecule has 0 bridgehead atoms. The average Bonchev–Trinajstić information content (AvgIpc) is 3.04. The van der Waals surface area contributed by atoms with Crippen molar-refractivity contribution in [3.05, 3.63) is 34.9 Å². The van der Waals surface area contributed by atoms with Crippen molar-refractivity contribution in [1.82, 2.24) is 5.32 Å². The van der Waals surface area contributed by atoms with Crippen LogP contribution in [-0.2, 0) is 24.0 Å². The highest BCUT2D eigenvalue weighted by atomic mass is 16.5. The Morgan fingerprint density at radius 3 is 2.89 bits per heavy atom. The number of aryl methyl sites for hydroxylation is 2. The summed E-state index contributed by atoms with van der Waals surface area (Å²) in [5.74, 6) is 0.673. The van der Waals surface area contributed by atoms with E-state index in [9.17, 15) is 0 Å². The summed E-state index contributed by atoms with van der Waals surface area (Å²) in [5, 5.41) is 3.47. The van der Waals surface area contributed by atoms with E-state index in [-0.39, 0.29) is 0 Å². The fraction of sp³-hybridized carbons (Fsp3) is 0.647. The van der Waals surface area contributed by atoms with Gasteiger partial charge >= 0.3 is 0 Å². The molecule has 1 heterocycles. The molecule has 3 rings (SSSR count). The second kappa shape index (κ2) is 5.64. The number of nitrogens with one attached hydrogen (secondary N) is 1. The Labute approximate surface area is 116 Å². The minimum atomic E-state index is 0.373. The highest BCUT2D eigenvalue weighted by Gasteiger charge is 2.31. The van der Waals surface area contributed by atoms with Crippen LogP contribution >= 0.6 is 0 Å². The lowest BCUT2D eigenvalue weighted by atomic mass is 9.92. The third-order valence-corrected chi connectivity index (χ3v) is 4.83. The first-order chi connectivity index (χ1) is 9.28. The quantitative estimate of drug-likeness (QED) is 0.897. The smallest absolute Gasteiger partial charge is 0.0757 e. The van der Waals surface area contributed by atoms with Crippen molar-refractivity contribution in [2.45, 2.75) is 51.2 Å². The van der Waals surface area contributed by atoms with Gasteiger partial charge in [0.1, 0.15) is 0 Å². The molecule has 3 atom stereocenters. The topological polar surface area (TPSA) is 21.3 Å². The molecule has 0 aromatic heterocycles. The van der Waals surface area contributed by atoms with Crippen LogP contribution in [0.4, 0.5) is 0 Å². The molecule has 19 heavy (non-hydrogen) atoms. The molecule has 1 aromatic rings. The van der Waals surface area contributed by atoms with Crippen LogP contribution in [0.5, 0.6) is 0 Å². The number of hydrogen-bond acceptors (Lipinski definition) is 2. The van der Waals surface area contributed by atoms with E-state index >= 15 is 0 Å². The Morgan fingerprint density at radius 1 is 1.32 bits per heavy atom. The maximum absolute atomic E-state index is 5.92. The Bertz CT molecular complexity index is 443. The SMILES string of the molecule is CNC(Cc1ccc2c(c1)CCC2)C1OCCC1C. The van der Waals surface area contributed by atoms with Crippen LogP contribution in [0.25, 0.3) is 0 Å². The predicted octanol–water partition coefficient (Wildman–Crippen LogP) is 2.73. The highest BCUT2D eigenvalue weighted by molar-refractivity contribution is 5.35. The normalized spacial score (nSPS) is 27.5. The number of ether oxygens (including phenoxy) is 1. The molecule has 2 heteroatoms. The number of hydrogen-bond donors (Lipinski definition) is 1. The van der Waals surface area contributed by atoms with Crippen molar-refractivity contribution < 1.29 is 4.74 Å². The van der Waals surface area contributed by atoms with Gasteiger partial charge in [-0.2, -0.15) is 0 Å². The third kappa shape index (κ3) is 2.70. The molecule has 104 valence electrons. The zero-order valence-electron chi connectivity index (χ0n) is 12.1. The first kappa shape index (κ1) is 13.1. The fourth-order valence-electron chi connectivity index (χ4n) is 3.62. The lowest BCUT2D eigenvalue weighted by Crippen LogP contribution is -2.41. The van der Waals surface area contributed by atoms with Gasteiger partial charge < -0.3 is 10.1 Å². The van der Waals surface area contributed by atoms with Crippen molar-refractivity contribution in [3.8, 4) is 0 Å². The molecule has 0 spiro atoms. The van der Waals surface area contributed by atoms with Crippen LogP contribution in [-0.4, -0.2) is 25.8 Å². The Balaban J connectivity index is 1.72. The summed E-state index contributed by atoms with van der Waals surface area (Å²) in [4.78, 5) is 0. The molecule has 3 unspecified atom stereocenters. The summed E-state index contributed by atoms with van der Waals surface area (Å²) in [7, 11) is 2.06. The fourth-order valence-corrected chi connectivity index (χ4v) is 3.62. The standard InChI is InChI=1S/C17H25NO/c1-12-8-9-19-17(12)16(18-2)11-13-6-7-14-4-3-5-15(14)10-13/h6-7,10,12,16-18H,3-5,8-9,11H2,1-2H3. The van der Waals surface area contributed by atoms with E-state index < -0.39 is 0 Å². The third-order valence-electron chi connectivity index (χ3n) is 4.83. The molecule has 0 radical (unpaired) electrons. The average molecular weight is 259 g/mol. The van der Waals surface area contributed by atoms with Crippen LogP contribution in [0.3, 0.4) is 0 Å². The van der Waals surface area contributed by atoms with Crippen LogP contribution in [0.1, 0.15) is 36.5 Å². The van der Waals surface area contributed by atoms with Crippen molar-refractivity contribution >= 4 is 0 Å². The number of benzene rings is 1. The van der Waals surface area contributed by atoms with Gasteiger partial charge in [-0.05, 0) is 61.8 Å². The molecular formula is C17H25NO. The molecule has 1 fully saturated rings. The van der Waals surface area contributed by atoms with Gasteiger partial charge in [-0.15, -0.1) is 0 Å². The van der Waals surface area contributed by atoms with E-state index in [2.05, 4.69) is 37.5 Å². The second-order valence-corrected chi connectivity index (χ2v) is 6.16. The Morgan fingerprint density at radius 2 is 2.16 bits per heavy atom. The van der Waals surface area contributed by atoms with Gasteiger partial charge in [0.15, 0.2) is 0 Å². The molecule has 0 amide bonds. The van der Waals surface area contributed by atoms with E-state index in [0.717, 1.165) is 13.0 Å². The highest BCUT2D eigenvalue weighted by Crippen LogP contribution is 2.27. The van der Waals surface area contributed by atoms with Crippen molar-refractivity contribution in [1.29, 1.82) is 0 Å². The van der Waals surface area contributed by atoms with Crippen LogP contribution < -0.4 is 5.32 Å². The molecule has 1 N–H and O–H groups in total. The van der Waals surface area contributed by atoms with Crippen LogP contribution in [0, 0.1) is 5.92 Å². The molecule has 2 aliphatic rings. The van der Waals surface area contributed by atoms with E-state index in [1.165, 1.54) is 31.2 Å². The zero-order chi connectivity index (χ0) is 13.2. The van der Waals surface area contributed by atoms with Crippen LogP contribution in [0.2, 0.25) is 0 Å². The lowest BCUT2D eigenvalue weighted by Gasteiger charge is -2.26. The maximum Gasteiger partial charge on any atom is 0.0757 e. The molecule has 1 aliphatic carbocycles. The minimum Gasteiger partial charge on any atom is -0.376 e. The number of rotatable bonds is 4. The first-order valence-corrected chi connectivity index (χ1v) is 7.67. The largest absolute Gasteiger partial charge is 0.376 e. The molecule has 0 saturated carbocycles. The summed E-state index contributed by atoms with van der Waals surface area (Å²) in [6, 6.07) is 7.51. The molecule has 2 nitrogen and oxygen atoms in total. The summed E-state index contributed by atoms with van der Waals surface area (Å²) in [6.07, 6.45) is 6.53. The van der Waals surface area contributed by atoms with Gasteiger partial charge in [0.2, 0.25) is 0 Å². The molecular weight excluding hydrogens is 234 g/mol. The van der Waals surface area contributed by atoms with Gasteiger partial charge in [0, 0.05) is 12.6 Å². The second-order valence-electron chi connectivity index (χ2n) is 6.16. The van der Waals surface area contributed by atoms with Crippen LogP contribution in [0.15, 0.2) is 18.2 Å². The summed E-state index contributed by atoms with van der Waals surface area (Å²) < 4.78 is 5.92. The van der Waals surface area contributed by atoms with Crippen molar-refractivity contribution in [2.75, 3.05) is 13.7 Å². The maximum atomic E-state index is 5.92. The van der Waals surface area contributed by atoms with Gasteiger partial charge in [-0.1, -0.05) is 25.1 Å². The zero-order valence-corrected chi connectivity index (χ0v) is 12.1. The Kier molecular flexibility index (Phi) is 3.90. The lowest BCUT2D eigenvalue weighted by molar-refractivity contribution is 0.0634. The predicted molar refractivity (Wildman–Crippen MR) is 78.5 cm³/mol. The van der Waals surface area contributed by atoms with Gasteiger partial charge in [-0.25, -0.2) is 0 Å². The molecule has 1 saturated heterocycles. The minimum absolute atomic E-state index is 0.373. The first-order valence-electron chi connectivity index (χ1n) is 7.67. The van der Waals surface area contributed by atoms with E-state index in [4.69, 9.17) is 4.74 Å². The molecule has 1 aliphatic heterocycles. The summed E-state index contributed by atoms with van der Waals surface area (Å²) >= 11 is 0. The van der Waals surface area contributed by atoms with Gasteiger partial charge in [-0.3, -0.25) is 0 Å². The number of likely N-dealkylation sites (N-methyl/N-ethyl adjacent to an activating group) is 1. The monoisotopic (exact) mass is 259 g/mol. The summed E-state index contributed by atoms with van der Waals surface area (Å²) in [5.41, 5.74) is 4.60. The molecule has 1 aromatic carbocycles. The van der Waals surface area contributed by atoms with Crippen molar-refractivity contribution in [3.63, 3.8) is 0 Å². The summed E-state index contributed by atoms with van der Waals surface area (Å²) in [6.45, 7) is 3.24. The van der Waals surface area contributed by atoms with Crippen molar-refractivity contribution in [2.24, 2.45) is 5.92 Å². The Hall–Kier alpha value is -0.860. The van der Waals surface area contributed by atoms with E-state index in [0.29, 0.717) is 18.1 Å². The van der Waals surface area contributed by atoms with Gasteiger partial charge in [0.25, 0.3) is 0 Å².